The molecule has 0 saturated carbocycles. The maximum atomic E-state index is 10.4. The zero-order valence-corrected chi connectivity index (χ0v) is 6.95. The van der Waals surface area contributed by atoms with Crippen LogP contribution >= 0.6 is 0 Å². The molecule has 4 heteroatoms. The lowest BCUT2D eigenvalue weighted by Crippen LogP contribution is -2.08. The lowest BCUT2D eigenvalue weighted by molar-refractivity contribution is -0.117. The molecule has 0 aliphatic heterocycles. The normalized spacial score (nSPS) is 8.62. The van der Waals surface area contributed by atoms with Gasteiger partial charge in [0.05, 0.1) is 23.9 Å². The van der Waals surface area contributed by atoms with E-state index in [1.807, 2.05) is 0 Å². The summed E-state index contributed by atoms with van der Waals surface area (Å²) >= 11 is 0. The SMILES string of the molecule is NC(=O)CC#Cc1ccncc1N. The average Bonchev–Trinajstić information content (AvgIpc) is 2.08. The van der Waals surface area contributed by atoms with E-state index >= 15 is 0 Å². The summed E-state index contributed by atoms with van der Waals surface area (Å²) in [6.07, 6.45) is 3.14. The fourth-order valence-electron chi connectivity index (χ4n) is 0.747. The van der Waals surface area contributed by atoms with E-state index in [0.29, 0.717) is 11.3 Å². The van der Waals surface area contributed by atoms with E-state index < -0.39 is 5.91 Å². The highest BCUT2D eigenvalue weighted by atomic mass is 16.1. The van der Waals surface area contributed by atoms with Crippen LogP contribution in [-0.4, -0.2) is 10.9 Å². The van der Waals surface area contributed by atoms with Crippen molar-refractivity contribution in [2.75, 3.05) is 5.73 Å². The summed E-state index contributed by atoms with van der Waals surface area (Å²) in [7, 11) is 0. The Labute approximate surface area is 76.0 Å². The third-order valence-corrected chi connectivity index (χ3v) is 1.34. The standard InChI is InChI=1S/C9H9N3O/c10-8-6-12-5-4-7(8)2-1-3-9(11)13/h4-6H,3,10H2,(H2,11,13). The first-order valence-corrected chi connectivity index (χ1v) is 3.67. The van der Waals surface area contributed by atoms with Gasteiger partial charge in [0.2, 0.25) is 5.91 Å². The Morgan fingerprint density at radius 1 is 1.62 bits per heavy atom. The van der Waals surface area contributed by atoms with Gasteiger partial charge in [-0.3, -0.25) is 9.78 Å². The Morgan fingerprint density at radius 3 is 3.00 bits per heavy atom. The minimum Gasteiger partial charge on any atom is -0.396 e. The first kappa shape index (κ1) is 9.07. The lowest BCUT2D eigenvalue weighted by Gasteiger charge is -1.93. The third-order valence-electron chi connectivity index (χ3n) is 1.34. The number of nitrogen functional groups attached to an aromatic ring is 1. The topological polar surface area (TPSA) is 82.0 Å². The van der Waals surface area contributed by atoms with Gasteiger partial charge in [-0.25, -0.2) is 0 Å². The van der Waals surface area contributed by atoms with Crippen molar-refractivity contribution in [1.82, 2.24) is 4.98 Å². The van der Waals surface area contributed by atoms with Crippen molar-refractivity contribution in [2.24, 2.45) is 5.73 Å². The largest absolute Gasteiger partial charge is 0.396 e. The molecule has 0 radical (unpaired) electrons. The lowest BCUT2D eigenvalue weighted by atomic mass is 10.2. The zero-order valence-electron chi connectivity index (χ0n) is 6.95. The van der Waals surface area contributed by atoms with Crippen molar-refractivity contribution in [1.29, 1.82) is 0 Å². The van der Waals surface area contributed by atoms with Gasteiger partial charge in [0.25, 0.3) is 0 Å². The van der Waals surface area contributed by atoms with Crippen molar-refractivity contribution in [3.05, 3.63) is 24.0 Å². The van der Waals surface area contributed by atoms with Crippen LogP contribution in [0.3, 0.4) is 0 Å². The number of hydrogen-bond acceptors (Lipinski definition) is 3. The molecular weight excluding hydrogens is 166 g/mol. The maximum absolute atomic E-state index is 10.4. The highest BCUT2D eigenvalue weighted by molar-refractivity contribution is 5.76. The summed E-state index contributed by atoms with van der Waals surface area (Å²) < 4.78 is 0. The van der Waals surface area contributed by atoms with Crippen molar-refractivity contribution in [3.8, 4) is 11.8 Å². The molecule has 0 spiro atoms. The minimum atomic E-state index is -0.444. The van der Waals surface area contributed by atoms with Crippen LogP contribution < -0.4 is 11.5 Å². The molecule has 66 valence electrons. The van der Waals surface area contributed by atoms with Crippen molar-refractivity contribution >= 4 is 11.6 Å². The maximum Gasteiger partial charge on any atom is 0.229 e. The Kier molecular flexibility index (Phi) is 2.87. The highest BCUT2D eigenvalue weighted by Gasteiger charge is 1.92. The summed E-state index contributed by atoms with van der Waals surface area (Å²) in [6, 6.07) is 1.68. The molecule has 0 unspecified atom stereocenters. The summed E-state index contributed by atoms with van der Waals surface area (Å²) in [4.78, 5) is 14.2. The van der Waals surface area contributed by atoms with E-state index in [1.54, 1.807) is 12.3 Å². The van der Waals surface area contributed by atoms with Crippen LogP contribution in [0.15, 0.2) is 18.5 Å². The van der Waals surface area contributed by atoms with Crippen LogP contribution in [0, 0.1) is 11.8 Å². The monoisotopic (exact) mass is 175 g/mol. The number of nitrogens with two attached hydrogens (primary N) is 2. The molecule has 0 saturated heterocycles. The zero-order chi connectivity index (χ0) is 9.68. The molecule has 0 fully saturated rings. The van der Waals surface area contributed by atoms with Crippen molar-refractivity contribution < 1.29 is 4.79 Å². The van der Waals surface area contributed by atoms with E-state index in [9.17, 15) is 4.79 Å². The Balaban J connectivity index is 2.77. The molecule has 4 nitrogen and oxygen atoms in total. The van der Waals surface area contributed by atoms with Gasteiger partial charge in [-0.05, 0) is 6.07 Å². The Bertz CT molecular complexity index is 376. The van der Waals surface area contributed by atoms with Gasteiger partial charge in [-0.15, -0.1) is 0 Å². The summed E-state index contributed by atoms with van der Waals surface area (Å²) in [5.74, 6) is 4.89. The third kappa shape index (κ3) is 2.83. The van der Waals surface area contributed by atoms with Crippen LogP contribution in [0.25, 0.3) is 0 Å². The minimum absolute atomic E-state index is 0.0434. The van der Waals surface area contributed by atoms with E-state index in [-0.39, 0.29) is 6.42 Å². The molecule has 13 heavy (non-hydrogen) atoms. The quantitative estimate of drug-likeness (QED) is 0.584. The second-order valence-corrected chi connectivity index (χ2v) is 2.41. The van der Waals surface area contributed by atoms with Crippen LogP contribution in [0.4, 0.5) is 5.69 Å². The molecular formula is C9H9N3O. The number of carbonyl (C=O) groups is 1. The first-order chi connectivity index (χ1) is 6.20. The number of amides is 1. The molecule has 0 aliphatic rings. The van der Waals surface area contributed by atoms with Crippen LogP contribution in [0.5, 0.6) is 0 Å². The Morgan fingerprint density at radius 2 is 2.38 bits per heavy atom. The van der Waals surface area contributed by atoms with Crippen molar-refractivity contribution in [3.63, 3.8) is 0 Å². The summed E-state index contributed by atoms with van der Waals surface area (Å²) in [6.45, 7) is 0. The van der Waals surface area contributed by atoms with Gasteiger partial charge in [0.15, 0.2) is 0 Å². The summed E-state index contributed by atoms with van der Waals surface area (Å²) in [5.41, 5.74) is 11.6. The Hall–Kier alpha value is -2.02. The molecule has 1 aromatic rings. The number of hydrogen-bond donors (Lipinski definition) is 2. The van der Waals surface area contributed by atoms with Crippen LogP contribution in [0.2, 0.25) is 0 Å². The van der Waals surface area contributed by atoms with Gasteiger partial charge in [0, 0.05) is 6.20 Å². The number of aromatic nitrogens is 1. The number of rotatable bonds is 1. The highest BCUT2D eigenvalue weighted by Crippen LogP contribution is 2.05. The fraction of sp³-hybridized carbons (Fsp3) is 0.111. The molecule has 0 atom stereocenters. The van der Waals surface area contributed by atoms with E-state index in [1.165, 1.54) is 6.20 Å². The number of anilines is 1. The second kappa shape index (κ2) is 4.12. The van der Waals surface area contributed by atoms with Gasteiger partial charge >= 0.3 is 0 Å². The first-order valence-electron chi connectivity index (χ1n) is 3.67. The molecule has 1 heterocycles. The predicted octanol–water partition coefficient (Wildman–Crippen LogP) is -0.109. The van der Waals surface area contributed by atoms with Gasteiger partial charge in [0.1, 0.15) is 0 Å². The molecule has 1 amide bonds. The van der Waals surface area contributed by atoms with Crippen LogP contribution in [-0.2, 0) is 4.79 Å². The smallest absolute Gasteiger partial charge is 0.229 e. The number of nitrogens with zero attached hydrogens (tertiary/aromatic N) is 1. The summed E-state index contributed by atoms with van der Waals surface area (Å²) in [5, 5.41) is 0. The van der Waals surface area contributed by atoms with Gasteiger partial charge in [-0.1, -0.05) is 11.8 Å². The van der Waals surface area contributed by atoms with E-state index in [2.05, 4.69) is 16.8 Å². The fourth-order valence-corrected chi connectivity index (χ4v) is 0.747. The molecule has 1 aromatic heterocycles. The number of carbonyl (C=O) groups excluding carboxylic acids is 1. The van der Waals surface area contributed by atoms with Gasteiger partial charge < -0.3 is 11.5 Å². The van der Waals surface area contributed by atoms with Crippen LogP contribution in [0.1, 0.15) is 12.0 Å². The number of primary amides is 1. The van der Waals surface area contributed by atoms with E-state index in [4.69, 9.17) is 11.5 Å². The van der Waals surface area contributed by atoms with E-state index in [0.717, 1.165) is 0 Å². The second-order valence-electron chi connectivity index (χ2n) is 2.41. The predicted molar refractivity (Wildman–Crippen MR) is 49.3 cm³/mol. The molecule has 0 aliphatic carbocycles. The molecule has 4 N–H and O–H groups in total. The average molecular weight is 175 g/mol. The number of pyridine rings is 1. The molecule has 0 aromatic carbocycles. The van der Waals surface area contributed by atoms with Crippen molar-refractivity contribution in [2.45, 2.75) is 6.42 Å². The van der Waals surface area contributed by atoms with Gasteiger partial charge in [-0.2, -0.15) is 0 Å². The molecule has 1 rings (SSSR count). The molecule has 0 bridgehead atoms.